The molecular formula is C24H20ClN5O2S. The van der Waals surface area contributed by atoms with Crippen LogP contribution in [0.15, 0.2) is 78.0 Å². The van der Waals surface area contributed by atoms with E-state index in [9.17, 15) is 9.59 Å². The zero-order valence-corrected chi connectivity index (χ0v) is 19.2. The van der Waals surface area contributed by atoms with Gasteiger partial charge >= 0.3 is 0 Å². The highest BCUT2D eigenvalue weighted by atomic mass is 35.5. The third kappa shape index (κ3) is 6.00. The first kappa shape index (κ1) is 22.6. The Bertz CT molecular complexity index is 1270. The second kappa shape index (κ2) is 10.3. The Morgan fingerprint density at radius 1 is 0.970 bits per heavy atom. The monoisotopic (exact) mass is 477 g/mol. The van der Waals surface area contributed by atoms with E-state index in [4.69, 9.17) is 11.6 Å². The predicted molar refractivity (Wildman–Crippen MR) is 132 cm³/mol. The van der Waals surface area contributed by atoms with Crippen molar-refractivity contribution in [2.45, 2.75) is 12.1 Å². The van der Waals surface area contributed by atoms with Crippen molar-refractivity contribution in [3.63, 3.8) is 0 Å². The molecule has 2 amide bonds. The van der Waals surface area contributed by atoms with Gasteiger partial charge in [0, 0.05) is 16.3 Å². The number of para-hydroxylation sites is 1. The first-order chi connectivity index (χ1) is 16.0. The Kier molecular flexibility index (Phi) is 7.07. The maximum absolute atomic E-state index is 12.7. The molecule has 0 unspecified atom stereocenters. The van der Waals surface area contributed by atoms with Gasteiger partial charge < -0.3 is 10.6 Å². The van der Waals surface area contributed by atoms with Crippen LogP contribution in [0.5, 0.6) is 0 Å². The number of rotatable bonds is 7. The smallest absolute Gasteiger partial charge is 0.257 e. The Hall–Kier alpha value is -3.62. The van der Waals surface area contributed by atoms with Crippen molar-refractivity contribution in [1.29, 1.82) is 0 Å². The lowest BCUT2D eigenvalue weighted by Gasteiger charge is -2.11. The molecule has 1 heterocycles. The van der Waals surface area contributed by atoms with Crippen LogP contribution < -0.4 is 10.6 Å². The summed E-state index contributed by atoms with van der Waals surface area (Å²) in [6.07, 6.45) is 0. The van der Waals surface area contributed by atoms with E-state index in [2.05, 4.69) is 25.8 Å². The molecule has 0 aliphatic heterocycles. The number of carbonyl (C=O) groups excluding carboxylic acids is 2. The largest absolute Gasteiger partial charge is 0.325 e. The summed E-state index contributed by atoms with van der Waals surface area (Å²) in [6, 6.07) is 21.5. The molecule has 0 spiro atoms. The number of aromatic nitrogens is 3. The van der Waals surface area contributed by atoms with Crippen molar-refractivity contribution in [1.82, 2.24) is 15.2 Å². The van der Waals surface area contributed by atoms with Crippen molar-refractivity contribution < 1.29 is 9.59 Å². The van der Waals surface area contributed by atoms with E-state index in [1.807, 2.05) is 31.2 Å². The fourth-order valence-electron chi connectivity index (χ4n) is 2.99. The zero-order valence-electron chi connectivity index (χ0n) is 17.6. The molecule has 4 rings (SSSR count). The number of hydrogen-bond acceptors (Lipinski definition) is 5. The van der Waals surface area contributed by atoms with Gasteiger partial charge in [0.2, 0.25) is 11.1 Å². The van der Waals surface area contributed by atoms with Crippen LogP contribution in [-0.2, 0) is 4.79 Å². The Labute approximate surface area is 200 Å². The molecule has 3 N–H and O–H groups in total. The number of nitrogens with one attached hydrogen (secondary N) is 3. The maximum Gasteiger partial charge on any atom is 0.257 e. The molecular weight excluding hydrogens is 458 g/mol. The molecule has 166 valence electrons. The molecule has 0 radical (unpaired) electrons. The number of thioether (sulfide) groups is 1. The van der Waals surface area contributed by atoms with Crippen LogP contribution in [0.4, 0.5) is 11.4 Å². The van der Waals surface area contributed by atoms with Gasteiger partial charge in [-0.15, -0.1) is 5.10 Å². The molecule has 0 fully saturated rings. The summed E-state index contributed by atoms with van der Waals surface area (Å²) in [5, 5.41) is 13.7. The summed E-state index contributed by atoms with van der Waals surface area (Å²) in [7, 11) is 0. The summed E-state index contributed by atoms with van der Waals surface area (Å²) in [6.45, 7) is 2.02. The van der Waals surface area contributed by atoms with Gasteiger partial charge in [-0.3, -0.25) is 14.7 Å². The highest BCUT2D eigenvalue weighted by molar-refractivity contribution is 7.99. The average Bonchev–Trinajstić information content (AvgIpc) is 3.29. The molecule has 0 aliphatic rings. The number of aromatic amines is 1. The third-order valence-corrected chi connectivity index (χ3v) is 5.77. The summed E-state index contributed by atoms with van der Waals surface area (Å²) in [4.78, 5) is 29.7. The number of amides is 2. The SMILES string of the molecule is Cc1ccc(-c2nc(SCC(=O)Nc3ccccc3C(=O)Nc3ccc(Cl)cc3)n[nH]2)cc1. The van der Waals surface area contributed by atoms with Crippen molar-refractivity contribution in [3.05, 3.63) is 88.9 Å². The third-order valence-electron chi connectivity index (χ3n) is 4.67. The predicted octanol–water partition coefficient (Wildman–Crippen LogP) is 5.42. The van der Waals surface area contributed by atoms with Gasteiger partial charge in [-0.25, -0.2) is 4.98 Å². The van der Waals surface area contributed by atoms with Crippen molar-refractivity contribution in [2.75, 3.05) is 16.4 Å². The van der Waals surface area contributed by atoms with Crippen LogP contribution in [0.1, 0.15) is 15.9 Å². The number of halogens is 1. The van der Waals surface area contributed by atoms with Crippen LogP contribution in [0.3, 0.4) is 0 Å². The molecule has 3 aromatic carbocycles. The lowest BCUT2D eigenvalue weighted by molar-refractivity contribution is -0.113. The minimum Gasteiger partial charge on any atom is -0.325 e. The van der Waals surface area contributed by atoms with Gasteiger partial charge in [-0.2, -0.15) is 0 Å². The summed E-state index contributed by atoms with van der Waals surface area (Å²) in [5.41, 5.74) is 3.46. The fraction of sp³-hybridized carbons (Fsp3) is 0.0833. The maximum atomic E-state index is 12.7. The van der Waals surface area contributed by atoms with E-state index in [0.717, 1.165) is 11.1 Å². The quantitative estimate of drug-likeness (QED) is 0.309. The number of benzene rings is 3. The molecule has 1 aromatic heterocycles. The van der Waals surface area contributed by atoms with Gasteiger partial charge in [-0.05, 0) is 43.3 Å². The number of hydrogen-bond donors (Lipinski definition) is 3. The molecule has 0 bridgehead atoms. The summed E-state index contributed by atoms with van der Waals surface area (Å²) >= 11 is 7.09. The number of H-pyrrole nitrogens is 1. The molecule has 4 aromatic rings. The van der Waals surface area contributed by atoms with E-state index in [1.54, 1.807) is 48.5 Å². The fourth-order valence-corrected chi connectivity index (χ4v) is 3.71. The van der Waals surface area contributed by atoms with E-state index >= 15 is 0 Å². The highest BCUT2D eigenvalue weighted by Crippen LogP contribution is 2.22. The number of nitrogens with zero attached hydrogens (tertiary/aromatic N) is 2. The standard InChI is InChI=1S/C24H20ClN5O2S/c1-15-6-8-16(9-7-15)22-28-24(30-29-22)33-14-21(31)27-20-5-3-2-4-19(20)23(32)26-18-12-10-17(25)11-13-18/h2-13H,14H2,1H3,(H,26,32)(H,27,31)(H,28,29,30). The van der Waals surface area contributed by atoms with Gasteiger partial charge in [0.05, 0.1) is 17.0 Å². The van der Waals surface area contributed by atoms with Crippen molar-refractivity contribution >= 4 is 46.6 Å². The average molecular weight is 478 g/mol. The van der Waals surface area contributed by atoms with Crippen LogP contribution in [-0.4, -0.2) is 32.7 Å². The normalized spacial score (nSPS) is 10.6. The topological polar surface area (TPSA) is 99.8 Å². The Balaban J connectivity index is 1.37. The number of carbonyl (C=O) groups is 2. The molecule has 0 saturated carbocycles. The van der Waals surface area contributed by atoms with Crippen LogP contribution in [0.25, 0.3) is 11.4 Å². The molecule has 7 nitrogen and oxygen atoms in total. The summed E-state index contributed by atoms with van der Waals surface area (Å²) < 4.78 is 0. The first-order valence-electron chi connectivity index (χ1n) is 10.1. The van der Waals surface area contributed by atoms with Gasteiger partial charge in [0.1, 0.15) is 0 Å². The van der Waals surface area contributed by atoms with Crippen molar-refractivity contribution in [2.24, 2.45) is 0 Å². The lowest BCUT2D eigenvalue weighted by Crippen LogP contribution is -2.19. The zero-order chi connectivity index (χ0) is 23.2. The summed E-state index contributed by atoms with van der Waals surface area (Å²) in [5.74, 6) is 0.131. The van der Waals surface area contributed by atoms with E-state index < -0.39 is 0 Å². The Morgan fingerprint density at radius 3 is 2.45 bits per heavy atom. The molecule has 0 saturated heterocycles. The van der Waals surface area contributed by atoms with Gasteiger partial charge in [0.25, 0.3) is 5.91 Å². The molecule has 0 atom stereocenters. The number of anilines is 2. The highest BCUT2D eigenvalue weighted by Gasteiger charge is 2.15. The van der Waals surface area contributed by atoms with E-state index in [1.165, 1.54) is 11.8 Å². The second-order valence-electron chi connectivity index (χ2n) is 7.18. The van der Waals surface area contributed by atoms with Crippen LogP contribution in [0.2, 0.25) is 5.02 Å². The van der Waals surface area contributed by atoms with E-state index in [-0.39, 0.29) is 17.6 Å². The van der Waals surface area contributed by atoms with Gasteiger partial charge in [0.15, 0.2) is 5.82 Å². The minimum atomic E-state index is -0.336. The molecule has 33 heavy (non-hydrogen) atoms. The van der Waals surface area contributed by atoms with Gasteiger partial charge in [-0.1, -0.05) is 65.3 Å². The second-order valence-corrected chi connectivity index (χ2v) is 8.56. The minimum absolute atomic E-state index is 0.0956. The lowest BCUT2D eigenvalue weighted by atomic mass is 10.1. The van der Waals surface area contributed by atoms with E-state index in [0.29, 0.717) is 32.9 Å². The number of aryl methyl sites for hydroxylation is 1. The molecule has 9 heteroatoms. The Morgan fingerprint density at radius 2 is 1.70 bits per heavy atom. The first-order valence-corrected chi connectivity index (χ1v) is 11.4. The van der Waals surface area contributed by atoms with Crippen LogP contribution in [0, 0.1) is 6.92 Å². The molecule has 0 aliphatic carbocycles. The van der Waals surface area contributed by atoms with Crippen molar-refractivity contribution in [3.8, 4) is 11.4 Å². The van der Waals surface area contributed by atoms with Crippen LogP contribution >= 0.6 is 23.4 Å².